The smallest absolute Gasteiger partial charge is 0.211 e. The largest absolute Gasteiger partial charge is 0.240 e. The van der Waals surface area contributed by atoms with E-state index in [0.717, 1.165) is 0 Å². The Morgan fingerprint density at radius 2 is 0.694 bits per heavy atom. The summed E-state index contributed by atoms with van der Waals surface area (Å²) in [6, 6.07) is 33.0. The number of nitrogens with zero attached hydrogens (tertiary/aromatic N) is 3. The van der Waals surface area contributed by atoms with Gasteiger partial charge in [0, 0.05) is 14.1 Å². The molecule has 0 saturated heterocycles. The molecule has 0 spiro atoms. The number of hydrogen-bond acceptors (Lipinski definition) is 6. The fourth-order valence-electron chi connectivity index (χ4n) is 1.33. The fraction of sp³-hybridized carbons (Fsp3) is 0.300. The molecule has 196 valence electrons. The van der Waals surface area contributed by atoms with Gasteiger partial charge >= 0.3 is 0 Å². The standard InChI is InChI=1S/C7H5NO.2C6H6.C3H8.2C2H3NO.2C2H6/c9-6-8-7-4-2-1-3-5-7;2*1-2-4-6-5-3-1;1-3-2;2*1-3-2-4;2*1-2/h1-5H;2*1-6H;3H2,1-2H3;2*1H3;2*1-2H3. The summed E-state index contributed by atoms with van der Waals surface area (Å²) in [7, 11) is 2.76. The maximum Gasteiger partial charge on any atom is 0.240 e. The summed E-state index contributed by atoms with van der Waals surface area (Å²) >= 11 is 0. The lowest BCUT2D eigenvalue weighted by Crippen LogP contribution is -1.59. The van der Waals surface area contributed by atoms with Crippen molar-refractivity contribution in [3.05, 3.63) is 103 Å². The van der Waals surface area contributed by atoms with Crippen LogP contribution in [0.2, 0.25) is 0 Å². The van der Waals surface area contributed by atoms with Crippen LogP contribution in [0.1, 0.15) is 48.0 Å². The number of isocyanates is 3. The van der Waals surface area contributed by atoms with Gasteiger partial charge in [0.25, 0.3) is 0 Å². The maximum absolute atomic E-state index is 9.68. The van der Waals surface area contributed by atoms with Gasteiger partial charge in [-0.3, -0.25) is 0 Å². The van der Waals surface area contributed by atoms with Crippen molar-refractivity contribution in [2.24, 2.45) is 15.0 Å². The minimum absolute atomic E-state index is 0.646. The molecular weight excluding hydrogens is 450 g/mol. The molecule has 0 aliphatic carbocycles. The van der Waals surface area contributed by atoms with Crippen molar-refractivity contribution in [1.29, 1.82) is 0 Å². The maximum atomic E-state index is 9.68. The average molecular weight is 494 g/mol. The molecule has 6 heteroatoms. The zero-order valence-corrected chi connectivity index (χ0v) is 23.1. The van der Waals surface area contributed by atoms with Gasteiger partial charge < -0.3 is 0 Å². The molecule has 0 aromatic heterocycles. The summed E-state index contributed by atoms with van der Waals surface area (Å²) in [5, 5.41) is 0. The monoisotopic (exact) mass is 493 g/mol. The number of hydrogen-bond donors (Lipinski definition) is 0. The SMILES string of the molecule is CC.CC.CCC.CN=C=O.CN=C=O.O=C=Nc1ccccc1.c1ccccc1.c1ccccc1. The van der Waals surface area contributed by atoms with Crippen molar-refractivity contribution in [2.45, 2.75) is 48.0 Å². The first-order valence-corrected chi connectivity index (χ1v) is 11.7. The molecule has 6 nitrogen and oxygen atoms in total. The van der Waals surface area contributed by atoms with Crippen LogP contribution in [0, 0.1) is 0 Å². The topological polar surface area (TPSA) is 88.3 Å². The van der Waals surface area contributed by atoms with Gasteiger partial charge in [0.2, 0.25) is 18.2 Å². The summed E-state index contributed by atoms with van der Waals surface area (Å²) in [6.45, 7) is 12.2. The van der Waals surface area contributed by atoms with E-state index in [1.54, 1.807) is 12.1 Å². The van der Waals surface area contributed by atoms with Gasteiger partial charge in [0.15, 0.2) is 0 Å². The first-order chi connectivity index (χ1) is 17.7. The molecule has 3 rings (SSSR count). The highest BCUT2D eigenvalue weighted by Gasteiger charge is 1.80. The molecule has 3 aromatic carbocycles. The van der Waals surface area contributed by atoms with Crippen molar-refractivity contribution in [1.82, 2.24) is 0 Å². The molecule has 0 saturated carbocycles. The van der Waals surface area contributed by atoms with Crippen molar-refractivity contribution >= 4 is 23.9 Å². The van der Waals surface area contributed by atoms with Crippen molar-refractivity contribution in [2.75, 3.05) is 14.1 Å². The van der Waals surface area contributed by atoms with Crippen LogP contribution in [0.15, 0.2) is 118 Å². The van der Waals surface area contributed by atoms with Crippen LogP contribution in [0.3, 0.4) is 0 Å². The highest BCUT2D eigenvalue weighted by molar-refractivity contribution is 5.47. The van der Waals surface area contributed by atoms with Crippen molar-refractivity contribution in [3.63, 3.8) is 0 Å². The van der Waals surface area contributed by atoms with Gasteiger partial charge in [-0.25, -0.2) is 24.4 Å². The van der Waals surface area contributed by atoms with Gasteiger partial charge in [-0.1, -0.05) is 139 Å². The summed E-state index contributed by atoms with van der Waals surface area (Å²) < 4.78 is 0. The third-order valence-electron chi connectivity index (χ3n) is 2.45. The first kappa shape index (κ1) is 42.0. The summed E-state index contributed by atoms with van der Waals surface area (Å²) in [6.07, 6.45) is 5.32. The molecule has 0 N–H and O–H groups in total. The van der Waals surface area contributed by atoms with E-state index in [2.05, 4.69) is 28.8 Å². The molecule has 0 radical (unpaired) electrons. The van der Waals surface area contributed by atoms with E-state index in [9.17, 15) is 4.79 Å². The minimum atomic E-state index is 0.646. The van der Waals surface area contributed by atoms with Gasteiger partial charge in [0.1, 0.15) is 0 Å². The van der Waals surface area contributed by atoms with Crippen LogP contribution in [0.4, 0.5) is 5.69 Å². The molecule has 0 bridgehead atoms. The molecule has 36 heavy (non-hydrogen) atoms. The third-order valence-corrected chi connectivity index (χ3v) is 2.45. The Labute approximate surface area is 218 Å². The van der Waals surface area contributed by atoms with Crippen LogP contribution < -0.4 is 0 Å². The minimum Gasteiger partial charge on any atom is -0.211 e. The Balaban J connectivity index is -0.000000107. The Kier molecular flexibility index (Phi) is 61.4. The van der Waals surface area contributed by atoms with E-state index in [-0.39, 0.29) is 0 Å². The summed E-state index contributed by atoms with van der Waals surface area (Å²) in [5.74, 6) is 0. The van der Waals surface area contributed by atoms with Crippen LogP contribution in [0.25, 0.3) is 0 Å². The molecule has 0 atom stereocenters. The van der Waals surface area contributed by atoms with Crippen LogP contribution in [-0.2, 0) is 14.4 Å². The molecule has 3 aromatic rings. The van der Waals surface area contributed by atoms with Gasteiger partial charge in [-0.15, -0.1) is 0 Å². The van der Waals surface area contributed by atoms with Crippen molar-refractivity contribution < 1.29 is 14.4 Å². The second-order valence-electron chi connectivity index (χ2n) is 5.18. The highest BCUT2D eigenvalue weighted by Crippen LogP contribution is 2.07. The quantitative estimate of drug-likeness (QED) is 0.252. The van der Waals surface area contributed by atoms with E-state index >= 15 is 0 Å². The van der Waals surface area contributed by atoms with Crippen LogP contribution >= 0.6 is 0 Å². The van der Waals surface area contributed by atoms with E-state index in [0.29, 0.717) is 5.69 Å². The Morgan fingerprint density at radius 1 is 0.500 bits per heavy atom. The van der Waals surface area contributed by atoms with E-state index in [1.165, 1.54) is 38.8 Å². The first-order valence-electron chi connectivity index (χ1n) is 11.7. The lowest BCUT2D eigenvalue weighted by molar-refractivity contribution is 0.564. The second-order valence-corrected chi connectivity index (χ2v) is 5.18. The molecule has 0 amide bonds. The number of benzene rings is 3. The molecular formula is C30H43N3O3. The number of rotatable bonds is 1. The molecule has 0 unspecified atom stereocenters. The van der Waals surface area contributed by atoms with E-state index < -0.39 is 0 Å². The van der Waals surface area contributed by atoms with Crippen LogP contribution in [0.5, 0.6) is 0 Å². The van der Waals surface area contributed by atoms with E-state index in [1.807, 2.05) is 119 Å². The number of aliphatic imine (C=N–C) groups is 3. The van der Waals surface area contributed by atoms with Gasteiger partial charge in [-0.2, -0.15) is 4.99 Å². The number of para-hydroxylation sites is 1. The Hall–Kier alpha value is -4.20. The average Bonchev–Trinajstić information content (AvgIpc) is 2.99. The molecule has 0 aliphatic rings. The molecule has 0 fully saturated rings. The van der Waals surface area contributed by atoms with Crippen molar-refractivity contribution in [3.8, 4) is 0 Å². The second kappa shape index (κ2) is 52.6. The Bertz CT molecular complexity index is 755. The zero-order valence-electron chi connectivity index (χ0n) is 23.1. The lowest BCUT2D eigenvalue weighted by Gasteiger charge is -1.83. The van der Waals surface area contributed by atoms with E-state index in [4.69, 9.17) is 9.59 Å². The highest BCUT2D eigenvalue weighted by atomic mass is 16.1. The predicted molar refractivity (Wildman–Crippen MR) is 154 cm³/mol. The Morgan fingerprint density at radius 3 is 0.861 bits per heavy atom. The molecule has 0 heterocycles. The fourth-order valence-corrected chi connectivity index (χ4v) is 1.33. The predicted octanol–water partition coefficient (Wildman–Crippen LogP) is 8.40. The number of carbonyl (C=O) groups excluding carboxylic acids is 3. The lowest BCUT2D eigenvalue weighted by atomic mass is 10.3. The molecule has 0 aliphatic heterocycles. The summed E-state index contributed by atoms with van der Waals surface area (Å²) in [4.78, 5) is 36.7. The van der Waals surface area contributed by atoms with Gasteiger partial charge in [0.05, 0.1) is 5.69 Å². The summed E-state index contributed by atoms with van der Waals surface area (Å²) in [5.41, 5.74) is 0.646. The van der Waals surface area contributed by atoms with Gasteiger partial charge in [-0.05, 0) is 12.1 Å². The normalized spacial score (nSPS) is 6.44. The third kappa shape index (κ3) is 57.1. The van der Waals surface area contributed by atoms with Crippen LogP contribution in [-0.4, -0.2) is 32.3 Å². The zero-order chi connectivity index (χ0) is 28.5.